The average Bonchev–Trinajstić information content (AvgIpc) is 2.62. The number of amides is 1. The summed E-state index contributed by atoms with van der Waals surface area (Å²) in [6, 6.07) is 1.56. The Labute approximate surface area is 186 Å². The van der Waals surface area contributed by atoms with E-state index < -0.39 is 27.8 Å². The Hall–Kier alpha value is -2.49. The number of anilines is 1. The zero-order chi connectivity index (χ0) is 23.3. The van der Waals surface area contributed by atoms with Gasteiger partial charge in [0.15, 0.2) is 11.6 Å². The first-order valence-corrected chi connectivity index (χ1v) is 11.0. The summed E-state index contributed by atoms with van der Waals surface area (Å²) in [6.07, 6.45) is 1.63. The SMILES string of the molecule is CC(C)(C)OC(=O)N1CCC(CN2CC3(C2)CN(c2c(F)cc([N+](=O)[O-])cc2F)C3)CC1. The number of likely N-dealkylation sites (tertiary alicyclic amines) is 2. The quantitative estimate of drug-likeness (QED) is 0.513. The summed E-state index contributed by atoms with van der Waals surface area (Å²) in [4.78, 5) is 27.9. The molecule has 0 N–H and O–H groups in total. The molecule has 8 nitrogen and oxygen atoms in total. The number of rotatable bonds is 4. The molecular formula is C22H30F2N4O4. The molecule has 1 spiro atoms. The normalized spacial score (nSPS) is 21.3. The molecule has 0 bridgehead atoms. The van der Waals surface area contributed by atoms with E-state index in [9.17, 15) is 23.7 Å². The summed E-state index contributed by atoms with van der Waals surface area (Å²) in [7, 11) is 0. The van der Waals surface area contributed by atoms with Crippen molar-refractivity contribution >= 4 is 17.5 Å². The average molecular weight is 453 g/mol. The lowest BCUT2D eigenvalue weighted by atomic mass is 9.72. The number of benzene rings is 1. The van der Waals surface area contributed by atoms with Crippen molar-refractivity contribution in [3.63, 3.8) is 0 Å². The third-order valence-corrected chi connectivity index (χ3v) is 6.48. The van der Waals surface area contributed by atoms with E-state index in [4.69, 9.17) is 4.74 Å². The van der Waals surface area contributed by atoms with Gasteiger partial charge in [-0.25, -0.2) is 13.6 Å². The van der Waals surface area contributed by atoms with Gasteiger partial charge in [0.1, 0.15) is 11.3 Å². The lowest BCUT2D eigenvalue weighted by Crippen LogP contribution is -2.72. The number of halogens is 2. The highest BCUT2D eigenvalue weighted by atomic mass is 19.1. The van der Waals surface area contributed by atoms with Gasteiger partial charge in [-0.1, -0.05) is 0 Å². The highest BCUT2D eigenvalue weighted by Crippen LogP contribution is 2.44. The maximum atomic E-state index is 14.2. The predicted octanol–water partition coefficient (Wildman–Crippen LogP) is 3.64. The molecule has 3 aliphatic heterocycles. The van der Waals surface area contributed by atoms with Crippen molar-refractivity contribution in [2.24, 2.45) is 11.3 Å². The summed E-state index contributed by atoms with van der Waals surface area (Å²) in [5.41, 5.74) is -1.20. The van der Waals surface area contributed by atoms with Gasteiger partial charge in [-0.05, 0) is 39.5 Å². The fourth-order valence-electron chi connectivity index (χ4n) is 5.10. The highest BCUT2D eigenvalue weighted by molar-refractivity contribution is 5.68. The van der Waals surface area contributed by atoms with E-state index in [2.05, 4.69) is 4.90 Å². The van der Waals surface area contributed by atoms with Crippen molar-refractivity contribution in [2.75, 3.05) is 50.7 Å². The zero-order valence-electron chi connectivity index (χ0n) is 18.8. The Morgan fingerprint density at radius 3 is 2.22 bits per heavy atom. The van der Waals surface area contributed by atoms with Gasteiger partial charge in [-0.3, -0.25) is 10.1 Å². The van der Waals surface area contributed by atoms with Gasteiger partial charge in [-0.2, -0.15) is 0 Å². The van der Waals surface area contributed by atoms with Gasteiger partial charge in [0.2, 0.25) is 0 Å². The molecule has 32 heavy (non-hydrogen) atoms. The second kappa shape index (κ2) is 8.13. The Morgan fingerprint density at radius 1 is 1.16 bits per heavy atom. The van der Waals surface area contributed by atoms with Crippen molar-refractivity contribution < 1.29 is 23.2 Å². The van der Waals surface area contributed by atoms with Crippen LogP contribution in [-0.4, -0.2) is 72.2 Å². The van der Waals surface area contributed by atoms with Gasteiger partial charge in [-0.15, -0.1) is 0 Å². The summed E-state index contributed by atoms with van der Waals surface area (Å²) >= 11 is 0. The number of nitro benzene ring substituents is 1. The molecule has 0 radical (unpaired) electrons. The smallest absolute Gasteiger partial charge is 0.410 e. The first-order valence-electron chi connectivity index (χ1n) is 11.0. The number of non-ortho nitro benzene ring substituents is 1. The van der Waals surface area contributed by atoms with Crippen molar-refractivity contribution in [1.82, 2.24) is 9.80 Å². The van der Waals surface area contributed by atoms with Crippen LogP contribution in [-0.2, 0) is 4.74 Å². The van der Waals surface area contributed by atoms with Gasteiger partial charge < -0.3 is 19.4 Å². The number of nitrogens with zero attached hydrogens (tertiary/aromatic N) is 4. The van der Waals surface area contributed by atoms with Crippen LogP contribution in [0.2, 0.25) is 0 Å². The van der Waals surface area contributed by atoms with Crippen LogP contribution in [0.5, 0.6) is 0 Å². The van der Waals surface area contributed by atoms with Crippen molar-refractivity contribution in [3.05, 3.63) is 33.9 Å². The molecule has 3 aliphatic rings. The molecule has 0 aromatic heterocycles. The molecule has 10 heteroatoms. The van der Waals surface area contributed by atoms with E-state index in [1.54, 1.807) is 9.80 Å². The van der Waals surface area contributed by atoms with Crippen LogP contribution >= 0.6 is 0 Å². The maximum Gasteiger partial charge on any atom is 0.410 e. The van der Waals surface area contributed by atoms with Crippen molar-refractivity contribution in [2.45, 2.75) is 39.2 Å². The van der Waals surface area contributed by atoms with Crippen LogP contribution in [0, 0.1) is 33.1 Å². The van der Waals surface area contributed by atoms with E-state index in [1.807, 2.05) is 20.8 Å². The summed E-state index contributed by atoms with van der Waals surface area (Å²) in [5.74, 6) is -1.26. The summed E-state index contributed by atoms with van der Waals surface area (Å²) in [5, 5.41) is 10.8. The minimum absolute atomic E-state index is 0.0396. The molecule has 1 amide bonds. The Bertz CT molecular complexity index is 875. The van der Waals surface area contributed by atoms with Crippen LogP contribution in [0.4, 0.5) is 25.0 Å². The molecule has 0 aliphatic carbocycles. The summed E-state index contributed by atoms with van der Waals surface area (Å²) in [6.45, 7) is 10.8. The van der Waals surface area contributed by atoms with E-state index in [0.717, 1.165) is 44.6 Å². The number of ether oxygens (including phenoxy) is 1. The maximum absolute atomic E-state index is 14.2. The minimum atomic E-state index is -0.889. The number of carbonyl (C=O) groups is 1. The number of hydrogen-bond donors (Lipinski definition) is 0. The Balaban J connectivity index is 1.21. The van der Waals surface area contributed by atoms with E-state index in [0.29, 0.717) is 32.1 Å². The van der Waals surface area contributed by atoms with Crippen LogP contribution in [0.15, 0.2) is 12.1 Å². The van der Waals surface area contributed by atoms with Gasteiger partial charge in [0.05, 0.1) is 17.1 Å². The molecule has 0 atom stereocenters. The number of carbonyl (C=O) groups excluding carboxylic acids is 1. The molecule has 4 rings (SSSR count). The molecule has 1 aromatic carbocycles. The lowest BCUT2D eigenvalue weighted by molar-refractivity contribution is -0.385. The standard InChI is InChI=1S/C22H30F2N4O4/c1-21(2,3)32-20(29)26-6-4-15(5-7-26)10-25-11-22(12-25)13-27(14-22)19-17(23)8-16(28(30)31)9-18(19)24/h8-9,15H,4-7,10-14H2,1-3H3. The molecule has 0 saturated carbocycles. The van der Waals surface area contributed by atoms with Gasteiger partial charge >= 0.3 is 6.09 Å². The fourth-order valence-corrected chi connectivity index (χ4v) is 5.10. The monoisotopic (exact) mass is 452 g/mol. The highest BCUT2D eigenvalue weighted by Gasteiger charge is 2.52. The van der Waals surface area contributed by atoms with Crippen LogP contribution in [0.3, 0.4) is 0 Å². The van der Waals surface area contributed by atoms with Crippen molar-refractivity contribution in [3.8, 4) is 0 Å². The van der Waals surface area contributed by atoms with Gasteiger partial charge in [0.25, 0.3) is 5.69 Å². The van der Waals surface area contributed by atoms with E-state index >= 15 is 0 Å². The molecule has 0 unspecified atom stereocenters. The number of piperidine rings is 1. The molecular weight excluding hydrogens is 422 g/mol. The Kier molecular flexibility index (Phi) is 5.77. The fraction of sp³-hybridized carbons (Fsp3) is 0.682. The Morgan fingerprint density at radius 2 is 1.72 bits per heavy atom. The second-order valence-electron chi connectivity index (χ2n) is 10.5. The number of hydrogen-bond acceptors (Lipinski definition) is 6. The zero-order valence-corrected chi connectivity index (χ0v) is 18.8. The summed E-state index contributed by atoms with van der Waals surface area (Å²) < 4.78 is 33.9. The van der Waals surface area contributed by atoms with Gasteiger partial charge in [0, 0.05) is 51.2 Å². The van der Waals surface area contributed by atoms with Crippen LogP contribution in [0.1, 0.15) is 33.6 Å². The van der Waals surface area contributed by atoms with E-state index in [-0.39, 0.29) is 17.2 Å². The minimum Gasteiger partial charge on any atom is -0.444 e. The molecule has 176 valence electrons. The molecule has 3 fully saturated rings. The third kappa shape index (κ3) is 4.65. The van der Waals surface area contributed by atoms with Crippen molar-refractivity contribution in [1.29, 1.82) is 0 Å². The second-order valence-corrected chi connectivity index (χ2v) is 10.5. The van der Waals surface area contributed by atoms with E-state index in [1.165, 1.54) is 0 Å². The van der Waals surface area contributed by atoms with Crippen LogP contribution < -0.4 is 4.90 Å². The molecule has 3 saturated heterocycles. The largest absolute Gasteiger partial charge is 0.444 e. The topological polar surface area (TPSA) is 79.2 Å². The molecule has 1 aromatic rings. The lowest BCUT2D eigenvalue weighted by Gasteiger charge is -2.61. The predicted molar refractivity (Wildman–Crippen MR) is 115 cm³/mol. The first-order chi connectivity index (χ1) is 14.9. The molecule has 3 heterocycles. The third-order valence-electron chi connectivity index (χ3n) is 6.48. The first kappa shape index (κ1) is 22.7. The van der Waals surface area contributed by atoms with Crippen LogP contribution in [0.25, 0.3) is 0 Å². The number of nitro groups is 1.